The second kappa shape index (κ2) is 13.5. The van der Waals surface area contributed by atoms with Crippen molar-refractivity contribution in [3.63, 3.8) is 0 Å². The van der Waals surface area contributed by atoms with Gasteiger partial charge in [0.05, 0.1) is 0 Å². The molecule has 16 bridgehead atoms. The van der Waals surface area contributed by atoms with E-state index in [2.05, 4.69) is 18.2 Å². The van der Waals surface area contributed by atoms with E-state index in [-0.39, 0.29) is 32.9 Å². The van der Waals surface area contributed by atoms with Crippen LogP contribution in [0.2, 0.25) is 0 Å². The van der Waals surface area contributed by atoms with Crippen molar-refractivity contribution in [2.24, 2.45) is 71.0 Å². The minimum atomic E-state index is 0. The topological polar surface area (TPSA) is 0 Å². The van der Waals surface area contributed by atoms with Gasteiger partial charge in [-0.2, -0.15) is 29.8 Å². The van der Waals surface area contributed by atoms with E-state index in [1.165, 1.54) is 0 Å². The Morgan fingerprint density at radius 2 is 0.727 bits per heavy atom. The van der Waals surface area contributed by atoms with Crippen molar-refractivity contribution in [1.82, 2.24) is 0 Å². The quantitative estimate of drug-likeness (QED) is 0.141. The summed E-state index contributed by atoms with van der Waals surface area (Å²) in [7, 11) is 0.105. The van der Waals surface area contributed by atoms with Crippen LogP contribution in [0.5, 0.6) is 0 Å². The summed E-state index contributed by atoms with van der Waals surface area (Å²) in [6, 6.07) is 18.2. The molecule has 0 heterocycles. The molecule has 0 saturated heterocycles. The average Bonchev–Trinajstić information content (AvgIpc) is 3.83. The van der Waals surface area contributed by atoms with Crippen LogP contribution in [0.15, 0.2) is 48.5 Å². The SMILES string of the molecule is [Fe+2].c1cc(CP(C23CC4CC(CC(C4)C2)C3)C23CC4CC(CC(C4)C2)C3)[c-](CP(C23CC4CC(CC(C4)C2)C3)C23CC4CC(CC(C4)C2)C3)c1.c1cc[cH-]c1. The first-order chi connectivity index (χ1) is 26.4. The summed E-state index contributed by atoms with van der Waals surface area (Å²) in [4.78, 5) is 0. The average molecular weight is 815 g/mol. The summed E-state index contributed by atoms with van der Waals surface area (Å²) in [5, 5.41) is 3.09. The van der Waals surface area contributed by atoms with E-state index in [0.717, 1.165) is 91.6 Å². The van der Waals surface area contributed by atoms with Gasteiger partial charge in [0.25, 0.3) is 0 Å². The second-order valence-electron chi connectivity index (χ2n) is 24.3. The maximum absolute atomic E-state index is 2.78. The maximum atomic E-state index is 2.78. The monoisotopic (exact) mass is 814 g/mol. The zero-order chi connectivity index (χ0) is 35.3. The molecule has 16 fully saturated rings. The molecular formula is C52H72FeP2. The van der Waals surface area contributed by atoms with E-state index >= 15 is 0 Å². The van der Waals surface area contributed by atoms with Gasteiger partial charge in [-0.1, -0.05) is 14.1 Å². The first-order valence-corrected chi connectivity index (χ1v) is 27.4. The van der Waals surface area contributed by atoms with Gasteiger partial charge >= 0.3 is 17.1 Å². The Morgan fingerprint density at radius 3 is 1.00 bits per heavy atom. The normalized spacial score (nSPS) is 52.2. The molecular weight excluding hydrogens is 742 g/mol. The predicted octanol–water partition coefficient (Wildman–Crippen LogP) is 14.6. The molecule has 0 atom stereocenters. The maximum Gasteiger partial charge on any atom is 2.00 e. The Labute approximate surface area is 348 Å². The summed E-state index contributed by atoms with van der Waals surface area (Å²) >= 11 is 0. The summed E-state index contributed by atoms with van der Waals surface area (Å²) in [5.41, 5.74) is 3.92. The van der Waals surface area contributed by atoms with Crippen LogP contribution in [0, 0.1) is 71.0 Å². The largest absolute Gasteiger partial charge is 2.00 e. The first-order valence-electron chi connectivity index (χ1n) is 24.3. The molecule has 2 aromatic carbocycles. The van der Waals surface area contributed by atoms with E-state index in [9.17, 15) is 0 Å². The molecule has 2 aromatic rings. The van der Waals surface area contributed by atoms with Gasteiger partial charge in [0.1, 0.15) is 0 Å². The molecule has 55 heavy (non-hydrogen) atoms. The van der Waals surface area contributed by atoms with E-state index in [1.54, 1.807) is 166 Å². The second-order valence-corrected chi connectivity index (χ2v) is 30.4. The van der Waals surface area contributed by atoms with Crippen molar-refractivity contribution >= 4 is 15.8 Å². The van der Waals surface area contributed by atoms with Gasteiger partial charge in [0.2, 0.25) is 0 Å². The molecule has 0 N–H and O–H groups in total. The molecule has 16 aliphatic rings. The smallest absolute Gasteiger partial charge is 0.214 e. The zero-order valence-electron chi connectivity index (χ0n) is 34.2. The van der Waals surface area contributed by atoms with Gasteiger partial charge < -0.3 is 0 Å². The number of hydrogen-bond donors (Lipinski definition) is 0. The Bertz CT molecular complexity index is 1340. The molecule has 0 amide bonds. The fourth-order valence-corrected chi connectivity index (χ4v) is 31.1. The van der Waals surface area contributed by atoms with E-state index in [1.807, 2.05) is 41.5 Å². The van der Waals surface area contributed by atoms with Crippen molar-refractivity contribution in [3.05, 3.63) is 59.7 Å². The molecule has 0 radical (unpaired) electrons. The number of hydrogen-bond acceptors (Lipinski definition) is 0. The molecule has 16 aliphatic carbocycles. The van der Waals surface area contributed by atoms with Crippen LogP contribution in [0.1, 0.15) is 165 Å². The van der Waals surface area contributed by atoms with Gasteiger partial charge in [-0.3, -0.25) is 0 Å². The van der Waals surface area contributed by atoms with E-state index in [4.69, 9.17) is 0 Å². The predicted molar refractivity (Wildman–Crippen MR) is 229 cm³/mol. The molecule has 0 spiro atoms. The van der Waals surface area contributed by atoms with Gasteiger partial charge in [-0.15, -0.1) is 13.5 Å². The van der Waals surface area contributed by atoms with Crippen LogP contribution in [-0.4, -0.2) is 20.6 Å². The fraction of sp³-hybridized carbons (Fsp3) is 0.808. The third kappa shape index (κ3) is 6.10. The Kier molecular flexibility index (Phi) is 9.08. The van der Waals surface area contributed by atoms with Crippen LogP contribution in [0.25, 0.3) is 0 Å². The molecule has 16 saturated carbocycles. The summed E-state index contributed by atoms with van der Waals surface area (Å²) < 4.78 is 0. The summed E-state index contributed by atoms with van der Waals surface area (Å²) in [5.74, 6) is 13.4. The van der Waals surface area contributed by atoms with Crippen LogP contribution in [-0.2, 0) is 29.4 Å². The summed E-state index contributed by atoms with van der Waals surface area (Å²) in [6.45, 7) is 0. The van der Waals surface area contributed by atoms with Crippen LogP contribution in [0.3, 0.4) is 0 Å². The van der Waals surface area contributed by atoms with E-state index in [0.29, 0.717) is 0 Å². The molecule has 0 nitrogen and oxygen atoms in total. The van der Waals surface area contributed by atoms with Crippen molar-refractivity contribution in [2.45, 2.75) is 187 Å². The van der Waals surface area contributed by atoms with Gasteiger partial charge in [0.15, 0.2) is 0 Å². The van der Waals surface area contributed by atoms with Crippen molar-refractivity contribution in [1.29, 1.82) is 0 Å². The first kappa shape index (κ1) is 36.9. The number of rotatable bonds is 8. The molecule has 0 aliphatic heterocycles. The minimum absolute atomic E-state index is 0. The van der Waals surface area contributed by atoms with Gasteiger partial charge in [-0.25, -0.2) is 24.3 Å². The van der Waals surface area contributed by atoms with Crippen molar-refractivity contribution in [3.8, 4) is 0 Å². The third-order valence-corrected chi connectivity index (χ3v) is 28.6. The van der Waals surface area contributed by atoms with Crippen molar-refractivity contribution < 1.29 is 17.1 Å². The fourth-order valence-electron chi connectivity index (χ4n) is 20.7. The van der Waals surface area contributed by atoms with Crippen LogP contribution < -0.4 is 0 Å². The third-order valence-electron chi connectivity index (χ3n) is 20.5. The molecule has 298 valence electrons. The Morgan fingerprint density at radius 1 is 0.436 bits per heavy atom. The zero-order valence-corrected chi connectivity index (χ0v) is 37.1. The molecule has 0 unspecified atom stereocenters. The standard InChI is InChI=1S/C47H67P2.C5H5.Fe/c1-2-42(28-48(44-16-30-4-31(17-44)6-32(5-30)18-44)45-19-33-7-34(20-45)9-35(8-33)21-45)43(3-1)29-49(46-22-36-10-37(23-46)12-38(11-36)24-46)47-25-39-13-40(26-47)15-41(14-39)27-47;1-2-4-5-3-1;/h1-3,30-41H,4-29H2;1-5H;/q2*-1;+2. The summed E-state index contributed by atoms with van der Waals surface area (Å²) in [6.07, 6.45) is 42.8. The van der Waals surface area contributed by atoms with Crippen LogP contribution >= 0.6 is 15.8 Å². The molecule has 3 heteroatoms. The van der Waals surface area contributed by atoms with Gasteiger partial charge in [-0.05, 0) is 252 Å². The van der Waals surface area contributed by atoms with Gasteiger partial charge in [0, 0.05) is 0 Å². The molecule has 0 aromatic heterocycles. The Balaban J connectivity index is 0.000000521. The Hall–Kier alpha value is 0.0795. The van der Waals surface area contributed by atoms with Crippen molar-refractivity contribution in [2.75, 3.05) is 0 Å². The van der Waals surface area contributed by atoms with Crippen LogP contribution in [0.4, 0.5) is 0 Å². The minimum Gasteiger partial charge on any atom is -0.214 e. The molecule has 18 rings (SSSR count). The van der Waals surface area contributed by atoms with E-state index < -0.39 is 0 Å².